The van der Waals surface area contributed by atoms with E-state index >= 15 is 0 Å². The third-order valence-corrected chi connectivity index (χ3v) is 2.24. The van der Waals surface area contributed by atoms with E-state index in [9.17, 15) is 9.59 Å². The number of carboxylic acids is 1. The van der Waals surface area contributed by atoms with Crippen LogP contribution in [-0.2, 0) is 14.3 Å². The van der Waals surface area contributed by atoms with Gasteiger partial charge in [0.1, 0.15) is 6.10 Å². The molecule has 0 aromatic heterocycles. The van der Waals surface area contributed by atoms with Crippen LogP contribution >= 0.6 is 0 Å². The van der Waals surface area contributed by atoms with Crippen LogP contribution in [0.15, 0.2) is 24.3 Å². The Balaban J connectivity index is 2.49. The quantitative estimate of drug-likeness (QED) is 0.436. The number of ether oxygens (including phenoxy) is 1. The van der Waals surface area contributed by atoms with Gasteiger partial charge < -0.3 is 9.84 Å². The zero-order chi connectivity index (χ0) is 11.4. The molecular formula is C11H14O4. The maximum absolute atomic E-state index is 11.2. The molecule has 1 rings (SSSR count). The van der Waals surface area contributed by atoms with Crippen LogP contribution in [0.2, 0.25) is 0 Å². The second-order valence-corrected chi connectivity index (χ2v) is 3.63. The van der Waals surface area contributed by atoms with Crippen molar-refractivity contribution in [2.75, 3.05) is 0 Å². The first-order chi connectivity index (χ1) is 7.00. The van der Waals surface area contributed by atoms with E-state index in [2.05, 4.69) is 6.58 Å². The molecule has 0 saturated carbocycles. The number of carbonyl (C=O) groups is 2. The molecule has 2 unspecified atom stereocenters. The van der Waals surface area contributed by atoms with Gasteiger partial charge in [0.25, 0.3) is 0 Å². The lowest BCUT2D eigenvalue weighted by Crippen LogP contribution is -2.23. The average Bonchev–Trinajstić information content (AvgIpc) is 2.18. The average molecular weight is 210 g/mol. The largest absolute Gasteiger partial charge is 0.481 e. The van der Waals surface area contributed by atoms with E-state index < -0.39 is 17.9 Å². The smallest absolute Gasteiger partial charge is 0.333 e. The predicted octanol–water partition coefficient (Wildman–Crippen LogP) is 1.53. The van der Waals surface area contributed by atoms with Crippen molar-refractivity contribution in [3.63, 3.8) is 0 Å². The Labute approximate surface area is 88.2 Å². The summed E-state index contributed by atoms with van der Waals surface area (Å²) in [4.78, 5) is 21.8. The summed E-state index contributed by atoms with van der Waals surface area (Å²) in [6, 6.07) is 0. The topological polar surface area (TPSA) is 63.6 Å². The molecule has 0 amide bonds. The maximum atomic E-state index is 11.2. The van der Waals surface area contributed by atoms with Crippen molar-refractivity contribution >= 4 is 11.9 Å². The molecule has 0 spiro atoms. The van der Waals surface area contributed by atoms with E-state index in [0.29, 0.717) is 18.4 Å². The number of esters is 1. The Morgan fingerprint density at radius 3 is 2.47 bits per heavy atom. The minimum absolute atomic E-state index is 0.315. The summed E-state index contributed by atoms with van der Waals surface area (Å²) in [5, 5.41) is 8.72. The van der Waals surface area contributed by atoms with Crippen LogP contribution in [0.1, 0.15) is 19.8 Å². The van der Waals surface area contributed by atoms with Crippen LogP contribution in [0, 0.1) is 5.92 Å². The van der Waals surface area contributed by atoms with Gasteiger partial charge in [-0.2, -0.15) is 0 Å². The van der Waals surface area contributed by atoms with Gasteiger partial charge in [-0.3, -0.25) is 4.79 Å². The first-order valence-electron chi connectivity index (χ1n) is 4.78. The van der Waals surface area contributed by atoms with E-state index in [4.69, 9.17) is 9.84 Å². The summed E-state index contributed by atoms with van der Waals surface area (Å²) >= 11 is 0. The molecule has 1 N–H and O–H groups in total. The lowest BCUT2D eigenvalue weighted by atomic mass is 9.94. The van der Waals surface area contributed by atoms with Gasteiger partial charge in [0.15, 0.2) is 0 Å². The van der Waals surface area contributed by atoms with Crippen LogP contribution in [0.5, 0.6) is 0 Å². The lowest BCUT2D eigenvalue weighted by molar-refractivity contribution is -0.143. The van der Waals surface area contributed by atoms with E-state index in [1.807, 2.05) is 0 Å². The van der Waals surface area contributed by atoms with Gasteiger partial charge in [0, 0.05) is 5.57 Å². The molecule has 0 saturated heterocycles. The first-order valence-corrected chi connectivity index (χ1v) is 4.78. The summed E-state index contributed by atoms with van der Waals surface area (Å²) in [7, 11) is 0. The van der Waals surface area contributed by atoms with Crippen molar-refractivity contribution in [1.82, 2.24) is 0 Å². The molecule has 4 heteroatoms. The molecule has 0 fully saturated rings. The Bertz CT molecular complexity index is 317. The number of hydrogen-bond acceptors (Lipinski definition) is 3. The van der Waals surface area contributed by atoms with Crippen molar-refractivity contribution in [3.8, 4) is 0 Å². The SMILES string of the molecule is C=C(C)C(=O)OC1C=CC(C(=O)O)CC1. The molecule has 0 bridgehead atoms. The highest BCUT2D eigenvalue weighted by Gasteiger charge is 2.22. The molecular weight excluding hydrogens is 196 g/mol. The Kier molecular flexibility index (Phi) is 3.66. The third-order valence-electron chi connectivity index (χ3n) is 2.24. The molecule has 0 heterocycles. The summed E-state index contributed by atoms with van der Waals surface area (Å²) in [5.74, 6) is -1.72. The molecule has 4 nitrogen and oxygen atoms in total. The molecule has 1 aliphatic carbocycles. The normalized spacial score (nSPS) is 24.6. The number of carbonyl (C=O) groups excluding carboxylic acids is 1. The predicted molar refractivity (Wildman–Crippen MR) is 54.2 cm³/mol. The molecule has 0 radical (unpaired) electrons. The van der Waals surface area contributed by atoms with Crippen LogP contribution in [0.25, 0.3) is 0 Å². The van der Waals surface area contributed by atoms with Crippen molar-refractivity contribution in [1.29, 1.82) is 0 Å². The third kappa shape index (κ3) is 3.23. The molecule has 15 heavy (non-hydrogen) atoms. The number of aliphatic carboxylic acids is 1. The minimum Gasteiger partial charge on any atom is -0.481 e. The van der Waals surface area contributed by atoms with E-state index in [1.165, 1.54) is 0 Å². The zero-order valence-corrected chi connectivity index (χ0v) is 8.60. The molecule has 0 aliphatic heterocycles. The van der Waals surface area contributed by atoms with Gasteiger partial charge in [-0.15, -0.1) is 0 Å². The fraction of sp³-hybridized carbons (Fsp3) is 0.455. The summed E-state index contributed by atoms with van der Waals surface area (Å²) in [6.07, 6.45) is 3.93. The van der Waals surface area contributed by atoms with Crippen LogP contribution < -0.4 is 0 Å². The fourth-order valence-corrected chi connectivity index (χ4v) is 1.34. The summed E-state index contributed by atoms with van der Waals surface area (Å²) in [6.45, 7) is 5.05. The van der Waals surface area contributed by atoms with E-state index in [1.54, 1.807) is 19.1 Å². The van der Waals surface area contributed by atoms with Gasteiger partial charge in [-0.1, -0.05) is 12.7 Å². The van der Waals surface area contributed by atoms with Gasteiger partial charge in [0.05, 0.1) is 5.92 Å². The Morgan fingerprint density at radius 1 is 1.40 bits per heavy atom. The Morgan fingerprint density at radius 2 is 2.07 bits per heavy atom. The van der Waals surface area contributed by atoms with Crippen molar-refractivity contribution in [3.05, 3.63) is 24.3 Å². The number of carboxylic acid groups (broad SMARTS) is 1. The van der Waals surface area contributed by atoms with E-state index in [-0.39, 0.29) is 6.10 Å². The number of hydrogen-bond donors (Lipinski definition) is 1. The molecule has 2 atom stereocenters. The lowest BCUT2D eigenvalue weighted by Gasteiger charge is -2.20. The van der Waals surface area contributed by atoms with E-state index in [0.717, 1.165) is 0 Å². The zero-order valence-electron chi connectivity index (χ0n) is 8.60. The first kappa shape index (κ1) is 11.5. The van der Waals surface area contributed by atoms with Crippen molar-refractivity contribution < 1.29 is 19.4 Å². The highest BCUT2D eigenvalue weighted by molar-refractivity contribution is 5.87. The van der Waals surface area contributed by atoms with Crippen molar-refractivity contribution in [2.24, 2.45) is 5.92 Å². The summed E-state index contributed by atoms with van der Waals surface area (Å²) < 4.78 is 5.06. The standard InChI is InChI=1S/C11H14O4/c1-7(2)11(14)15-9-5-3-8(4-6-9)10(12)13/h3,5,8-9H,1,4,6H2,2H3,(H,12,13). The van der Waals surface area contributed by atoms with Gasteiger partial charge in [0.2, 0.25) is 0 Å². The highest BCUT2D eigenvalue weighted by Crippen LogP contribution is 2.20. The fourth-order valence-electron chi connectivity index (χ4n) is 1.34. The summed E-state index contributed by atoms with van der Waals surface area (Å²) in [5.41, 5.74) is 0.351. The Hall–Kier alpha value is -1.58. The molecule has 0 aromatic carbocycles. The van der Waals surface area contributed by atoms with Crippen LogP contribution in [0.4, 0.5) is 0 Å². The van der Waals surface area contributed by atoms with Crippen molar-refractivity contribution in [2.45, 2.75) is 25.9 Å². The van der Waals surface area contributed by atoms with Crippen LogP contribution in [-0.4, -0.2) is 23.1 Å². The molecule has 0 aromatic rings. The second kappa shape index (κ2) is 4.77. The van der Waals surface area contributed by atoms with Gasteiger partial charge in [-0.05, 0) is 25.8 Å². The monoisotopic (exact) mass is 210 g/mol. The second-order valence-electron chi connectivity index (χ2n) is 3.63. The number of rotatable bonds is 3. The maximum Gasteiger partial charge on any atom is 0.333 e. The minimum atomic E-state index is -0.837. The molecule has 82 valence electrons. The molecule has 1 aliphatic rings. The van der Waals surface area contributed by atoms with Gasteiger partial charge >= 0.3 is 11.9 Å². The van der Waals surface area contributed by atoms with Crippen LogP contribution in [0.3, 0.4) is 0 Å². The highest BCUT2D eigenvalue weighted by atomic mass is 16.5. The van der Waals surface area contributed by atoms with Gasteiger partial charge in [-0.25, -0.2) is 4.79 Å².